The highest BCUT2D eigenvalue weighted by Gasteiger charge is 2.12. The number of nitrogens with two attached hydrogens (primary N) is 1. The van der Waals surface area contributed by atoms with Gasteiger partial charge in [-0.15, -0.1) is 0 Å². The maximum absolute atomic E-state index is 13.5. The van der Waals surface area contributed by atoms with Crippen LogP contribution in [0.15, 0.2) is 42.5 Å². The summed E-state index contributed by atoms with van der Waals surface area (Å²) >= 11 is 0. The summed E-state index contributed by atoms with van der Waals surface area (Å²) in [6, 6.07) is 8.51. The first-order chi connectivity index (χ1) is 12.4. The van der Waals surface area contributed by atoms with Gasteiger partial charge in [-0.25, -0.2) is 8.78 Å². The van der Waals surface area contributed by atoms with Crippen LogP contribution in [-0.2, 0) is 4.79 Å². The lowest BCUT2D eigenvalue weighted by atomic mass is 10.2. The van der Waals surface area contributed by atoms with Crippen LogP contribution in [0.25, 0.3) is 0 Å². The molecule has 2 amide bonds. The van der Waals surface area contributed by atoms with Gasteiger partial charge in [0.1, 0.15) is 17.4 Å². The van der Waals surface area contributed by atoms with Crippen molar-refractivity contribution in [1.82, 2.24) is 5.32 Å². The van der Waals surface area contributed by atoms with Crippen LogP contribution in [0, 0.1) is 11.6 Å². The van der Waals surface area contributed by atoms with E-state index in [2.05, 4.69) is 5.32 Å². The molecule has 0 bridgehead atoms. The van der Waals surface area contributed by atoms with Gasteiger partial charge in [0.15, 0.2) is 0 Å². The van der Waals surface area contributed by atoms with Crippen LogP contribution in [0.4, 0.5) is 8.78 Å². The number of halogens is 2. The van der Waals surface area contributed by atoms with Crippen molar-refractivity contribution >= 4 is 17.8 Å². The lowest BCUT2D eigenvalue weighted by Gasteiger charge is -2.07. The molecule has 0 radical (unpaired) electrons. The second kappa shape index (κ2) is 8.70. The van der Waals surface area contributed by atoms with E-state index in [0.717, 1.165) is 12.1 Å². The van der Waals surface area contributed by atoms with Crippen LogP contribution < -0.4 is 15.8 Å². The zero-order chi connectivity index (χ0) is 19.1. The maximum atomic E-state index is 13.5. The first-order valence-corrected chi connectivity index (χ1v) is 7.70. The number of carbonyl (C=O) groups is 3. The molecule has 2 aromatic rings. The van der Waals surface area contributed by atoms with Gasteiger partial charge in [-0.3, -0.25) is 14.4 Å². The van der Waals surface area contributed by atoms with Crippen molar-refractivity contribution in [2.45, 2.75) is 12.8 Å². The van der Waals surface area contributed by atoms with E-state index in [1.54, 1.807) is 0 Å². The molecule has 0 aromatic heterocycles. The van der Waals surface area contributed by atoms with Crippen molar-refractivity contribution in [3.63, 3.8) is 0 Å². The van der Waals surface area contributed by atoms with Gasteiger partial charge < -0.3 is 15.8 Å². The summed E-state index contributed by atoms with van der Waals surface area (Å²) in [5.74, 6) is -3.46. The molecule has 136 valence electrons. The van der Waals surface area contributed by atoms with Crippen molar-refractivity contribution < 1.29 is 27.9 Å². The average Bonchev–Trinajstić information content (AvgIpc) is 2.58. The molecule has 0 aliphatic carbocycles. The van der Waals surface area contributed by atoms with E-state index in [-0.39, 0.29) is 36.3 Å². The Bertz CT molecular complexity index is 840. The molecule has 2 aromatic carbocycles. The van der Waals surface area contributed by atoms with Gasteiger partial charge in [-0.05, 0) is 36.8 Å². The predicted octanol–water partition coefficient (Wildman–Crippen LogP) is 2.18. The largest absolute Gasteiger partial charge is 0.427 e. The standard InChI is InChI=1S/C18H16F2N2O4/c19-12-6-7-14(15(20)10-12)18(25)22-8-2-5-16(23)26-13-4-1-3-11(9-13)17(21)24/h1,3-4,6-7,9-10H,2,5,8H2,(H2,21,24)(H,22,25). The summed E-state index contributed by atoms with van der Waals surface area (Å²) in [5, 5.41) is 2.43. The van der Waals surface area contributed by atoms with E-state index in [1.165, 1.54) is 24.3 Å². The van der Waals surface area contributed by atoms with E-state index in [0.29, 0.717) is 6.07 Å². The summed E-state index contributed by atoms with van der Waals surface area (Å²) in [5.41, 5.74) is 5.07. The number of rotatable bonds is 7. The van der Waals surface area contributed by atoms with E-state index in [4.69, 9.17) is 10.5 Å². The van der Waals surface area contributed by atoms with E-state index < -0.39 is 29.4 Å². The minimum absolute atomic E-state index is 0.00697. The Morgan fingerprint density at radius 3 is 2.54 bits per heavy atom. The number of amides is 2. The Kier molecular flexibility index (Phi) is 6.37. The molecule has 0 spiro atoms. The fraction of sp³-hybridized carbons (Fsp3) is 0.167. The Labute approximate surface area is 147 Å². The molecule has 0 saturated heterocycles. The Balaban J connectivity index is 1.77. The van der Waals surface area contributed by atoms with Gasteiger partial charge in [-0.2, -0.15) is 0 Å². The fourth-order valence-electron chi connectivity index (χ4n) is 2.10. The molecule has 0 aliphatic rings. The third-order valence-electron chi connectivity index (χ3n) is 3.37. The maximum Gasteiger partial charge on any atom is 0.311 e. The highest BCUT2D eigenvalue weighted by atomic mass is 19.1. The fourth-order valence-corrected chi connectivity index (χ4v) is 2.10. The first kappa shape index (κ1) is 19.0. The summed E-state index contributed by atoms with van der Waals surface area (Å²) in [7, 11) is 0. The number of hydrogen-bond donors (Lipinski definition) is 2. The van der Waals surface area contributed by atoms with Crippen LogP contribution >= 0.6 is 0 Å². The normalized spacial score (nSPS) is 10.2. The summed E-state index contributed by atoms with van der Waals surface area (Å²) < 4.78 is 31.3. The van der Waals surface area contributed by atoms with Gasteiger partial charge in [0, 0.05) is 24.6 Å². The summed E-state index contributed by atoms with van der Waals surface area (Å²) in [6.45, 7) is 0.103. The van der Waals surface area contributed by atoms with Crippen molar-refractivity contribution in [2.24, 2.45) is 5.73 Å². The SMILES string of the molecule is NC(=O)c1cccc(OC(=O)CCCNC(=O)c2ccc(F)cc2F)c1. The zero-order valence-electron chi connectivity index (χ0n) is 13.6. The summed E-state index contributed by atoms with van der Waals surface area (Å²) in [6.07, 6.45) is 0.246. The van der Waals surface area contributed by atoms with Gasteiger partial charge in [0.25, 0.3) is 5.91 Å². The third-order valence-corrected chi connectivity index (χ3v) is 3.37. The van der Waals surface area contributed by atoms with E-state index >= 15 is 0 Å². The Morgan fingerprint density at radius 1 is 1.08 bits per heavy atom. The molecule has 3 N–H and O–H groups in total. The molecular formula is C18H16F2N2O4. The Hall–Kier alpha value is -3.29. The van der Waals surface area contributed by atoms with E-state index in [1.807, 2.05) is 0 Å². The average molecular weight is 362 g/mol. The van der Waals surface area contributed by atoms with Crippen molar-refractivity contribution in [3.8, 4) is 5.75 Å². The van der Waals surface area contributed by atoms with Crippen LogP contribution in [-0.4, -0.2) is 24.3 Å². The highest BCUT2D eigenvalue weighted by Crippen LogP contribution is 2.14. The smallest absolute Gasteiger partial charge is 0.311 e. The molecule has 0 aliphatic heterocycles. The minimum atomic E-state index is -0.962. The molecule has 0 atom stereocenters. The number of ether oxygens (including phenoxy) is 1. The minimum Gasteiger partial charge on any atom is -0.427 e. The monoisotopic (exact) mass is 362 g/mol. The Morgan fingerprint density at radius 2 is 1.85 bits per heavy atom. The van der Waals surface area contributed by atoms with Gasteiger partial charge in [-0.1, -0.05) is 6.07 Å². The number of nitrogens with one attached hydrogen (secondary N) is 1. The highest BCUT2D eigenvalue weighted by molar-refractivity contribution is 5.94. The molecular weight excluding hydrogens is 346 g/mol. The molecule has 6 nitrogen and oxygen atoms in total. The lowest BCUT2D eigenvalue weighted by Crippen LogP contribution is -2.26. The molecule has 0 fully saturated rings. The quantitative estimate of drug-likeness (QED) is 0.448. The van der Waals surface area contributed by atoms with Crippen molar-refractivity contribution in [1.29, 1.82) is 0 Å². The van der Waals surface area contributed by atoms with Crippen molar-refractivity contribution in [2.75, 3.05) is 6.54 Å². The number of benzene rings is 2. The number of esters is 1. The molecule has 0 heterocycles. The van der Waals surface area contributed by atoms with Crippen LogP contribution in [0.5, 0.6) is 5.75 Å². The number of carbonyl (C=O) groups excluding carboxylic acids is 3. The molecule has 2 rings (SSSR count). The van der Waals surface area contributed by atoms with Crippen LogP contribution in [0.3, 0.4) is 0 Å². The van der Waals surface area contributed by atoms with E-state index in [9.17, 15) is 23.2 Å². The molecule has 8 heteroatoms. The van der Waals surface area contributed by atoms with Crippen molar-refractivity contribution in [3.05, 3.63) is 65.2 Å². The van der Waals surface area contributed by atoms with Crippen LogP contribution in [0.1, 0.15) is 33.6 Å². The topological polar surface area (TPSA) is 98.5 Å². The first-order valence-electron chi connectivity index (χ1n) is 7.70. The lowest BCUT2D eigenvalue weighted by molar-refractivity contribution is -0.134. The van der Waals surface area contributed by atoms with Gasteiger partial charge in [0.05, 0.1) is 5.56 Å². The third kappa shape index (κ3) is 5.37. The molecule has 26 heavy (non-hydrogen) atoms. The number of hydrogen-bond acceptors (Lipinski definition) is 4. The zero-order valence-corrected chi connectivity index (χ0v) is 13.6. The second-order valence-electron chi connectivity index (χ2n) is 5.35. The number of primary amides is 1. The second-order valence-corrected chi connectivity index (χ2v) is 5.35. The van der Waals surface area contributed by atoms with Gasteiger partial charge >= 0.3 is 5.97 Å². The predicted molar refractivity (Wildman–Crippen MR) is 88.5 cm³/mol. The van der Waals surface area contributed by atoms with Gasteiger partial charge in [0.2, 0.25) is 5.91 Å². The van der Waals surface area contributed by atoms with Crippen LogP contribution in [0.2, 0.25) is 0 Å². The molecule has 0 unspecified atom stereocenters. The molecule has 0 saturated carbocycles. The summed E-state index contributed by atoms with van der Waals surface area (Å²) in [4.78, 5) is 34.6.